The molecule has 25 heavy (non-hydrogen) atoms. The van der Waals surface area contributed by atoms with Crippen LogP contribution in [0.3, 0.4) is 0 Å². The third kappa shape index (κ3) is 5.06. The highest BCUT2D eigenvalue weighted by Crippen LogP contribution is 2.21. The molecule has 2 saturated heterocycles. The number of aryl methyl sites for hydroxylation is 2. The van der Waals surface area contributed by atoms with Gasteiger partial charge in [-0.1, -0.05) is 19.8 Å². The Morgan fingerprint density at radius 1 is 1.12 bits per heavy atom. The smallest absolute Gasteiger partial charge is 0.224 e. The number of hydrogen-bond donors (Lipinski definition) is 0. The Bertz CT molecular complexity index is 534. The molecule has 0 N–H and O–H groups in total. The van der Waals surface area contributed by atoms with Gasteiger partial charge in [0, 0.05) is 50.9 Å². The van der Waals surface area contributed by atoms with E-state index in [2.05, 4.69) is 26.3 Å². The average Bonchev–Trinajstić information content (AvgIpc) is 2.95. The standard InChI is InChI=1S/C20H34N4O/c1-2-19-21-11-16-23(19)15-10-20(25)24-14-8-5-9-18(24)17-22-12-6-3-4-7-13-22/h11,16,18H,2-10,12-15,17H2,1H3. The SMILES string of the molecule is CCc1nccn1CCC(=O)N1CCCCC1CN1CCCCCC1. The molecule has 5 heteroatoms. The van der Waals surface area contributed by atoms with Crippen LogP contribution in [0.1, 0.15) is 64.1 Å². The Morgan fingerprint density at radius 3 is 2.64 bits per heavy atom. The third-order valence-corrected chi connectivity index (χ3v) is 5.80. The van der Waals surface area contributed by atoms with Gasteiger partial charge in [0.1, 0.15) is 5.82 Å². The molecule has 3 rings (SSSR count). The highest BCUT2D eigenvalue weighted by molar-refractivity contribution is 5.76. The Balaban J connectivity index is 1.54. The second-order valence-corrected chi connectivity index (χ2v) is 7.59. The van der Waals surface area contributed by atoms with Crippen molar-refractivity contribution in [1.82, 2.24) is 19.4 Å². The number of hydrogen-bond acceptors (Lipinski definition) is 3. The minimum absolute atomic E-state index is 0.329. The molecule has 1 unspecified atom stereocenters. The van der Waals surface area contributed by atoms with Gasteiger partial charge in [0.15, 0.2) is 0 Å². The maximum Gasteiger partial charge on any atom is 0.224 e. The first-order valence-corrected chi connectivity index (χ1v) is 10.3. The van der Waals surface area contributed by atoms with Crippen LogP contribution in [0, 0.1) is 0 Å². The maximum atomic E-state index is 12.9. The van der Waals surface area contributed by atoms with Crippen molar-refractivity contribution in [1.29, 1.82) is 0 Å². The van der Waals surface area contributed by atoms with Crippen molar-refractivity contribution in [2.75, 3.05) is 26.2 Å². The lowest BCUT2D eigenvalue weighted by Gasteiger charge is -2.38. The number of carbonyl (C=O) groups excluding carboxylic acids is 1. The van der Waals surface area contributed by atoms with Crippen molar-refractivity contribution in [3.05, 3.63) is 18.2 Å². The van der Waals surface area contributed by atoms with Crippen LogP contribution in [-0.2, 0) is 17.8 Å². The van der Waals surface area contributed by atoms with Crippen molar-refractivity contribution < 1.29 is 4.79 Å². The third-order valence-electron chi connectivity index (χ3n) is 5.80. The predicted molar refractivity (Wildman–Crippen MR) is 100 cm³/mol. The number of aromatic nitrogens is 2. The van der Waals surface area contributed by atoms with E-state index in [9.17, 15) is 4.79 Å². The number of likely N-dealkylation sites (tertiary alicyclic amines) is 2. The summed E-state index contributed by atoms with van der Waals surface area (Å²) >= 11 is 0. The van der Waals surface area contributed by atoms with Crippen LogP contribution in [0.25, 0.3) is 0 Å². The summed E-state index contributed by atoms with van der Waals surface area (Å²) in [6.45, 7) is 7.33. The lowest BCUT2D eigenvalue weighted by molar-refractivity contribution is -0.135. The molecule has 0 spiro atoms. The summed E-state index contributed by atoms with van der Waals surface area (Å²) in [4.78, 5) is 22.0. The van der Waals surface area contributed by atoms with E-state index in [1.165, 1.54) is 51.6 Å². The molecule has 2 aliphatic heterocycles. The quantitative estimate of drug-likeness (QED) is 0.795. The van der Waals surface area contributed by atoms with Crippen LogP contribution in [0.15, 0.2) is 12.4 Å². The van der Waals surface area contributed by atoms with Gasteiger partial charge in [0.25, 0.3) is 0 Å². The Labute approximate surface area is 152 Å². The first kappa shape index (κ1) is 18.4. The number of nitrogens with zero attached hydrogens (tertiary/aromatic N) is 4. The monoisotopic (exact) mass is 346 g/mol. The van der Waals surface area contributed by atoms with Crippen molar-refractivity contribution in [3.8, 4) is 0 Å². The second-order valence-electron chi connectivity index (χ2n) is 7.59. The molecule has 0 radical (unpaired) electrons. The van der Waals surface area contributed by atoms with Gasteiger partial charge in [-0.15, -0.1) is 0 Å². The number of rotatable bonds is 6. The van der Waals surface area contributed by atoms with E-state index in [0.29, 0.717) is 18.4 Å². The van der Waals surface area contributed by atoms with Crippen LogP contribution in [0.5, 0.6) is 0 Å². The van der Waals surface area contributed by atoms with Crippen LogP contribution < -0.4 is 0 Å². The van der Waals surface area contributed by atoms with Crippen LogP contribution in [0.2, 0.25) is 0 Å². The molecule has 5 nitrogen and oxygen atoms in total. The normalized spacial score (nSPS) is 22.8. The Morgan fingerprint density at radius 2 is 1.88 bits per heavy atom. The predicted octanol–water partition coefficient (Wildman–Crippen LogP) is 3.09. The summed E-state index contributed by atoms with van der Waals surface area (Å²) in [6, 6.07) is 0.424. The van der Waals surface area contributed by atoms with Crippen LogP contribution >= 0.6 is 0 Å². The van der Waals surface area contributed by atoms with Crippen LogP contribution in [0.4, 0.5) is 0 Å². The molecule has 3 heterocycles. The summed E-state index contributed by atoms with van der Waals surface area (Å²) in [5.41, 5.74) is 0. The molecule has 1 atom stereocenters. The van der Waals surface area contributed by atoms with Gasteiger partial charge in [-0.25, -0.2) is 4.98 Å². The number of piperidine rings is 1. The zero-order valence-electron chi connectivity index (χ0n) is 15.8. The number of imidazole rings is 1. The van der Waals surface area contributed by atoms with Crippen molar-refractivity contribution in [2.45, 2.75) is 77.3 Å². The maximum absolute atomic E-state index is 12.9. The van der Waals surface area contributed by atoms with E-state index >= 15 is 0 Å². The molecule has 1 aromatic heterocycles. The fourth-order valence-electron chi connectivity index (χ4n) is 4.35. The molecule has 2 fully saturated rings. The first-order chi connectivity index (χ1) is 12.3. The van der Waals surface area contributed by atoms with E-state index in [1.54, 1.807) is 0 Å². The molecular weight excluding hydrogens is 312 g/mol. The summed E-state index contributed by atoms with van der Waals surface area (Å²) in [7, 11) is 0. The van der Waals surface area contributed by atoms with Gasteiger partial charge in [-0.2, -0.15) is 0 Å². The van der Waals surface area contributed by atoms with Crippen molar-refractivity contribution in [2.24, 2.45) is 0 Å². The lowest BCUT2D eigenvalue weighted by atomic mass is 10.0. The topological polar surface area (TPSA) is 41.4 Å². The first-order valence-electron chi connectivity index (χ1n) is 10.3. The fourth-order valence-corrected chi connectivity index (χ4v) is 4.35. The highest BCUT2D eigenvalue weighted by Gasteiger charge is 2.28. The minimum Gasteiger partial charge on any atom is -0.338 e. The highest BCUT2D eigenvalue weighted by atomic mass is 16.2. The molecule has 0 aliphatic carbocycles. The van der Waals surface area contributed by atoms with Gasteiger partial charge in [-0.3, -0.25) is 4.79 Å². The van der Waals surface area contributed by atoms with Gasteiger partial charge in [0.2, 0.25) is 5.91 Å². The van der Waals surface area contributed by atoms with Gasteiger partial charge in [0.05, 0.1) is 0 Å². The average molecular weight is 347 g/mol. The Hall–Kier alpha value is -1.36. The summed E-state index contributed by atoms with van der Waals surface area (Å²) in [5, 5.41) is 0. The van der Waals surface area contributed by atoms with E-state index in [-0.39, 0.29) is 0 Å². The molecule has 0 aromatic carbocycles. The molecule has 0 saturated carbocycles. The molecule has 2 aliphatic rings. The summed E-state index contributed by atoms with van der Waals surface area (Å²) in [6.07, 6.45) is 14.3. The summed E-state index contributed by atoms with van der Waals surface area (Å²) in [5.74, 6) is 1.41. The fraction of sp³-hybridized carbons (Fsp3) is 0.800. The minimum atomic E-state index is 0.329. The second kappa shape index (κ2) is 9.37. The Kier molecular flexibility index (Phi) is 6.91. The molecule has 1 aromatic rings. The number of carbonyl (C=O) groups is 1. The zero-order chi connectivity index (χ0) is 17.5. The van der Waals surface area contributed by atoms with Crippen molar-refractivity contribution >= 4 is 5.91 Å². The largest absolute Gasteiger partial charge is 0.338 e. The van der Waals surface area contributed by atoms with E-state index in [1.807, 2.05) is 12.4 Å². The van der Waals surface area contributed by atoms with Gasteiger partial charge >= 0.3 is 0 Å². The molecule has 0 bridgehead atoms. The van der Waals surface area contributed by atoms with Gasteiger partial charge < -0.3 is 14.4 Å². The van der Waals surface area contributed by atoms with E-state index in [4.69, 9.17) is 0 Å². The summed E-state index contributed by atoms with van der Waals surface area (Å²) < 4.78 is 2.13. The lowest BCUT2D eigenvalue weighted by Crippen LogP contribution is -2.49. The van der Waals surface area contributed by atoms with E-state index < -0.39 is 0 Å². The molecule has 1 amide bonds. The molecular formula is C20H34N4O. The van der Waals surface area contributed by atoms with Gasteiger partial charge in [-0.05, 0) is 45.2 Å². The van der Waals surface area contributed by atoms with Crippen molar-refractivity contribution in [3.63, 3.8) is 0 Å². The number of amides is 1. The molecule has 140 valence electrons. The van der Waals surface area contributed by atoms with E-state index in [0.717, 1.165) is 38.3 Å². The van der Waals surface area contributed by atoms with Crippen LogP contribution in [-0.4, -0.2) is 57.5 Å². The zero-order valence-corrected chi connectivity index (χ0v) is 15.8.